The fourth-order valence-corrected chi connectivity index (χ4v) is 2.10. The van der Waals surface area contributed by atoms with Gasteiger partial charge < -0.3 is 14.4 Å². The minimum Gasteiger partial charge on any atom is -0.462 e. The van der Waals surface area contributed by atoms with E-state index >= 15 is 0 Å². The van der Waals surface area contributed by atoms with E-state index in [-0.39, 0.29) is 25.2 Å². The molecule has 0 radical (unpaired) electrons. The Labute approximate surface area is 121 Å². The van der Waals surface area contributed by atoms with Gasteiger partial charge in [-0.25, -0.2) is 0 Å². The van der Waals surface area contributed by atoms with Gasteiger partial charge in [-0.1, -0.05) is 13.8 Å². The number of likely N-dealkylation sites (N-methyl/N-ethyl adjacent to an activating group) is 1. The van der Waals surface area contributed by atoms with Crippen LogP contribution < -0.4 is 0 Å². The van der Waals surface area contributed by atoms with Crippen LogP contribution in [0.15, 0.2) is 0 Å². The Balaban J connectivity index is 2.27. The minimum atomic E-state index is -0.396. The van der Waals surface area contributed by atoms with Crippen molar-refractivity contribution in [3.05, 3.63) is 0 Å². The normalized spacial score (nSPS) is 19.9. The van der Waals surface area contributed by atoms with Crippen molar-refractivity contribution < 1.29 is 19.1 Å². The van der Waals surface area contributed by atoms with Gasteiger partial charge in [-0.05, 0) is 5.92 Å². The van der Waals surface area contributed by atoms with E-state index in [1.165, 1.54) is 11.8 Å². The van der Waals surface area contributed by atoms with Gasteiger partial charge in [0.05, 0.1) is 6.61 Å². The molecule has 1 atom stereocenters. The molecule has 1 aliphatic rings. The maximum Gasteiger partial charge on any atom is 0.325 e. The van der Waals surface area contributed by atoms with Gasteiger partial charge in [0.2, 0.25) is 5.91 Å². The fraction of sp³-hybridized carbons (Fsp3) is 0.857. The molecule has 0 saturated carbocycles. The highest BCUT2D eigenvalue weighted by molar-refractivity contribution is 5.80. The largest absolute Gasteiger partial charge is 0.462 e. The summed E-state index contributed by atoms with van der Waals surface area (Å²) in [7, 11) is 1.57. The molecule has 1 aliphatic heterocycles. The third-order valence-corrected chi connectivity index (χ3v) is 3.18. The molecule has 0 bridgehead atoms. The minimum absolute atomic E-state index is 0.0161. The summed E-state index contributed by atoms with van der Waals surface area (Å²) in [6.07, 6.45) is -0.0749. The molecule has 1 amide bonds. The standard InChI is InChI=1S/C14H26N2O4/c1-11(2)7-16-5-6-19-13(8-16)10-20-14(18)9-15(4)12(3)17/h11,13H,5-10H2,1-4H3. The van der Waals surface area contributed by atoms with Crippen molar-refractivity contribution in [2.24, 2.45) is 5.92 Å². The van der Waals surface area contributed by atoms with E-state index in [0.717, 1.165) is 19.6 Å². The van der Waals surface area contributed by atoms with Gasteiger partial charge in [0.25, 0.3) is 0 Å². The molecule has 20 heavy (non-hydrogen) atoms. The zero-order chi connectivity index (χ0) is 15.1. The maximum atomic E-state index is 11.6. The molecule has 6 nitrogen and oxygen atoms in total. The molecule has 0 aromatic heterocycles. The highest BCUT2D eigenvalue weighted by atomic mass is 16.6. The average molecular weight is 286 g/mol. The molecular weight excluding hydrogens is 260 g/mol. The van der Waals surface area contributed by atoms with Crippen molar-refractivity contribution in [2.45, 2.75) is 26.9 Å². The Morgan fingerprint density at radius 1 is 1.45 bits per heavy atom. The summed E-state index contributed by atoms with van der Waals surface area (Å²) in [6, 6.07) is 0. The zero-order valence-corrected chi connectivity index (χ0v) is 12.9. The summed E-state index contributed by atoms with van der Waals surface area (Å²) in [5.41, 5.74) is 0. The lowest BCUT2D eigenvalue weighted by atomic mass is 10.2. The first-order chi connectivity index (χ1) is 9.38. The summed E-state index contributed by atoms with van der Waals surface area (Å²) in [6.45, 7) is 9.43. The van der Waals surface area contributed by atoms with Crippen molar-refractivity contribution in [2.75, 3.05) is 46.4 Å². The van der Waals surface area contributed by atoms with Crippen LogP contribution in [0.5, 0.6) is 0 Å². The second-order valence-electron chi connectivity index (χ2n) is 5.70. The van der Waals surface area contributed by atoms with Gasteiger partial charge in [0.1, 0.15) is 19.3 Å². The van der Waals surface area contributed by atoms with Gasteiger partial charge in [-0.15, -0.1) is 0 Å². The Morgan fingerprint density at radius 2 is 2.15 bits per heavy atom. The number of hydrogen-bond donors (Lipinski definition) is 0. The molecule has 0 aliphatic carbocycles. The third-order valence-electron chi connectivity index (χ3n) is 3.18. The lowest BCUT2D eigenvalue weighted by Crippen LogP contribution is -2.46. The van der Waals surface area contributed by atoms with Crippen molar-refractivity contribution in [1.82, 2.24) is 9.80 Å². The zero-order valence-electron chi connectivity index (χ0n) is 12.9. The Kier molecular flexibility index (Phi) is 6.95. The van der Waals surface area contributed by atoms with E-state index in [1.54, 1.807) is 7.05 Å². The van der Waals surface area contributed by atoms with E-state index in [0.29, 0.717) is 12.5 Å². The molecule has 1 fully saturated rings. The molecule has 0 N–H and O–H groups in total. The quantitative estimate of drug-likeness (QED) is 0.660. The second kappa shape index (κ2) is 8.21. The number of amides is 1. The molecular formula is C14H26N2O4. The summed E-state index contributed by atoms with van der Waals surface area (Å²) < 4.78 is 10.8. The van der Waals surface area contributed by atoms with Gasteiger partial charge in [-0.2, -0.15) is 0 Å². The smallest absolute Gasteiger partial charge is 0.325 e. The molecule has 1 unspecified atom stereocenters. The van der Waals surface area contributed by atoms with E-state index in [9.17, 15) is 9.59 Å². The number of morpholine rings is 1. The van der Waals surface area contributed by atoms with Gasteiger partial charge in [0, 0.05) is 33.6 Å². The van der Waals surface area contributed by atoms with E-state index in [4.69, 9.17) is 9.47 Å². The van der Waals surface area contributed by atoms with Crippen molar-refractivity contribution in [3.8, 4) is 0 Å². The Hall–Kier alpha value is -1.14. The molecule has 0 spiro atoms. The Morgan fingerprint density at radius 3 is 2.75 bits per heavy atom. The van der Waals surface area contributed by atoms with Crippen molar-refractivity contribution in [1.29, 1.82) is 0 Å². The van der Waals surface area contributed by atoms with Crippen molar-refractivity contribution >= 4 is 11.9 Å². The van der Waals surface area contributed by atoms with Crippen LogP contribution in [0.25, 0.3) is 0 Å². The average Bonchev–Trinajstić information content (AvgIpc) is 2.36. The number of esters is 1. The van der Waals surface area contributed by atoms with E-state index < -0.39 is 5.97 Å². The van der Waals surface area contributed by atoms with Crippen molar-refractivity contribution in [3.63, 3.8) is 0 Å². The van der Waals surface area contributed by atoms with Crippen LogP contribution in [0.4, 0.5) is 0 Å². The number of carbonyl (C=O) groups excluding carboxylic acids is 2. The maximum absolute atomic E-state index is 11.6. The van der Waals surface area contributed by atoms with Gasteiger partial charge >= 0.3 is 5.97 Å². The lowest BCUT2D eigenvalue weighted by Gasteiger charge is -2.33. The van der Waals surface area contributed by atoms with Gasteiger partial charge in [-0.3, -0.25) is 14.5 Å². The van der Waals surface area contributed by atoms with Crippen LogP contribution in [0.2, 0.25) is 0 Å². The van der Waals surface area contributed by atoms with Crippen LogP contribution >= 0.6 is 0 Å². The third kappa shape index (κ3) is 6.34. The van der Waals surface area contributed by atoms with Crippen LogP contribution in [0.1, 0.15) is 20.8 Å². The number of rotatable bonds is 6. The molecule has 0 aromatic carbocycles. The molecule has 1 rings (SSSR count). The predicted octanol–water partition coefficient (Wildman–Crippen LogP) is 0.365. The first-order valence-corrected chi connectivity index (χ1v) is 7.09. The summed E-state index contributed by atoms with van der Waals surface area (Å²) in [5.74, 6) is 0.0618. The number of carbonyl (C=O) groups is 2. The van der Waals surface area contributed by atoms with Crippen LogP contribution in [0.3, 0.4) is 0 Å². The number of hydrogen-bond acceptors (Lipinski definition) is 5. The SMILES string of the molecule is CC(=O)N(C)CC(=O)OCC1CN(CC(C)C)CCO1. The predicted molar refractivity (Wildman–Crippen MR) is 75.3 cm³/mol. The summed E-state index contributed by atoms with van der Waals surface area (Å²) in [4.78, 5) is 26.2. The highest BCUT2D eigenvalue weighted by Gasteiger charge is 2.22. The second-order valence-corrected chi connectivity index (χ2v) is 5.70. The first-order valence-electron chi connectivity index (χ1n) is 7.09. The highest BCUT2D eigenvalue weighted by Crippen LogP contribution is 2.08. The number of ether oxygens (including phenoxy) is 2. The monoisotopic (exact) mass is 286 g/mol. The topological polar surface area (TPSA) is 59.1 Å². The van der Waals surface area contributed by atoms with Crippen LogP contribution in [-0.2, 0) is 19.1 Å². The molecule has 1 heterocycles. The molecule has 0 aromatic rings. The summed E-state index contributed by atoms with van der Waals surface area (Å²) in [5, 5.41) is 0. The summed E-state index contributed by atoms with van der Waals surface area (Å²) >= 11 is 0. The lowest BCUT2D eigenvalue weighted by molar-refractivity contribution is -0.153. The fourth-order valence-electron chi connectivity index (χ4n) is 2.10. The van der Waals surface area contributed by atoms with Crippen LogP contribution in [0, 0.1) is 5.92 Å². The number of nitrogens with zero attached hydrogens (tertiary/aromatic N) is 2. The first kappa shape index (κ1) is 16.9. The van der Waals surface area contributed by atoms with Crippen LogP contribution in [-0.4, -0.2) is 74.2 Å². The van der Waals surface area contributed by atoms with E-state index in [2.05, 4.69) is 18.7 Å². The molecule has 1 saturated heterocycles. The molecule has 6 heteroatoms. The Bertz CT molecular complexity index is 333. The molecule has 116 valence electrons. The van der Waals surface area contributed by atoms with E-state index in [1.807, 2.05) is 0 Å². The van der Waals surface area contributed by atoms with Gasteiger partial charge in [0.15, 0.2) is 0 Å².